The minimum absolute atomic E-state index is 0.104. The van der Waals surface area contributed by atoms with Gasteiger partial charge in [-0.1, -0.05) is 50.9 Å². The van der Waals surface area contributed by atoms with Gasteiger partial charge in [0.05, 0.1) is 24.7 Å². The molecule has 0 bridgehead atoms. The van der Waals surface area contributed by atoms with Crippen molar-refractivity contribution < 1.29 is 34.1 Å². The number of Topliss-reactive ketones (excluding diaryl/α,β-unsaturated/α-hetero) is 2. The predicted molar refractivity (Wildman–Crippen MR) is 129 cm³/mol. The highest BCUT2D eigenvalue weighted by Gasteiger charge is 2.36. The number of carboxylic acids is 1. The first-order valence-corrected chi connectivity index (χ1v) is 11.7. The monoisotopic (exact) mass is 492 g/mol. The Morgan fingerprint density at radius 2 is 1.91 bits per heavy atom. The van der Waals surface area contributed by atoms with Gasteiger partial charge in [-0.15, -0.1) is 0 Å². The number of carbonyl (C=O) groups is 3. The van der Waals surface area contributed by atoms with E-state index in [1.807, 2.05) is 6.92 Å². The lowest BCUT2D eigenvalue weighted by atomic mass is 9.81. The van der Waals surface area contributed by atoms with Crippen LogP contribution >= 0.6 is 11.6 Å². The van der Waals surface area contributed by atoms with Gasteiger partial charge in [0.1, 0.15) is 17.5 Å². The highest BCUT2D eigenvalue weighted by molar-refractivity contribution is 6.32. The number of benzene rings is 1. The van der Waals surface area contributed by atoms with Crippen molar-refractivity contribution in [3.05, 3.63) is 52.6 Å². The maximum absolute atomic E-state index is 12.6. The average molecular weight is 493 g/mol. The highest BCUT2D eigenvalue weighted by atomic mass is 35.5. The lowest BCUT2D eigenvalue weighted by molar-refractivity contribution is -0.138. The Bertz CT molecular complexity index is 979. The van der Waals surface area contributed by atoms with Crippen molar-refractivity contribution in [2.24, 2.45) is 5.41 Å². The number of carbonyl (C=O) groups excluding carboxylic acids is 2. The quantitative estimate of drug-likeness (QED) is 0.300. The summed E-state index contributed by atoms with van der Waals surface area (Å²) in [6.07, 6.45) is 5.87. The zero-order valence-electron chi connectivity index (χ0n) is 20.1. The fraction of sp³-hybridized carbons (Fsp3) is 0.500. The molecular weight excluding hydrogens is 460 g/mol. The Balaban J connectivity index is 1.89. The molecule has 0 radical (unpaired) electrons. The fourth-order valence-corrected chi connectivity index (χ4v) is 4.09. The second-order valence-corrected chi connectivity index (χ2v) is 9.59. The second-order valence-electron chi connectivity index (χ2n) is 9.18. The average Bonchev–Trinajstić information content (AvgIpc) is 2.74. The van der Waals surface area contributed by atoms with Crippen LogP contribution in [0.3, 0.4) is 0 Å². The molecule has 7 nitrogen and oxygen atoms in total. The standard InChI is InChI=1S/C26H33ClO7/c1-5-11-26(32)15-19(17(2)28)8-10-22(26)34-13-6-12-33-21-9-7-18(14-20(21)27)24(31)25(3,4)16-23(29)30/h7-10,14-15,22,32H,5-6,11-13,16H2,1-4H3,(H,29,30). The van der Waals surface area contributed by atoms with E-state index < -0.39 is 23.1 Å². The van der Waals surface area contributed by atoms with Gasteiger partial charge in [-0.05, 0) is 37.6 Å². The number of carboxylic acid groups (broad SMARTS) is 1. The van der Waals surface area contributed by atoms with E-state index in [9.17, 15) is 19.5 Å². The zero-order valence-corrected chi connectivity index (χ0v) is 20.9. The zero-order chi connectivity index (χ0) is 25.5. The van der Waals surface area contributed by atoms with Crippen molar-refractivity contribution in [3.63, 3.8) is 0 Å². The fourth-order valence-electron chi connectivity index (χ4n) is 3.85. The van der Waals surface area contributed by atoms with Crippen LogP contribution in [-0.4, -0.2) is 52.7 Å². The Morgan fingerprint density at radius 1 is 1.21 bits per heavy atom. The van der Waals surface area contributed by atoms with Crippen LogP contribution in [0.1, 0.15) is 63.7 Å². The van der Waals surface area contributed by atoms with E-state index in [2.05, 4.69) is 0 Å². The molecule has 1 aliphatic carbocycles. The number of halogens is 1. The SMILES string of the molecule is CCCC1(O)C=C(C(C)=O)C=CC1OCCCOc1ccc(C(=O)C(C)(C)CC(=O)O)cc1Cl. The smallest absolute Gasteiger partial charge is 0.304 e. The van der Waals surface area contributed by atoms with Crippen LogP contribution in [0.2, 0.25) is 5.02 Å². The van der Waals surface area contributed by atoms with Crippen molar-refractivity contribution in [1.29, 1.82) is 0 Å². The molecular formula is C26H33ClO7. The lowest BCUT2D eigenvalue weighted by Gasteiger charge is -2.34. The molecule has 8 heteroatoms. The van der Waals surface area contributed by atoms with Crippen molar-refractivity contribution in [2.75, 3.05) is 13.2 Å². The van der Waals surface area contributed by atoms with E-state index in [0.717, 1.165) is 6.42 Å². The molecule has 1 aromatic rings. The van der Waals surface area contributed by atoms with Crippen molar-refractivity contribution in [1.82, 2.24) is 0 Å². The number of allylic oxidation sites excluding steroid dienone is 2. The lowest BCUT2D eigenvalue weighted by Crippen LogP contribution is -2.43. The Kier molecular flexibility index (Phi) is 9.62. The van der Waals surface area contributed by atoms with Crippen molar-refractivity contribution >= 4 is 29.1 Å². The maximum Gasteiger partial charge on any atom is 0.304 e. The van der Waals surface area contributed by atoms with Crippen LogP contribution in [-0.2, 0) is 14.3 Å². The van der Waals surface area contributed by atoms with E-state index >= 15 is 0 Å². The highest BCUT2D eigenvalue weighted by Crippen LogP contribution is 2.32. The van der Waals surface area contributed by atoms with Crippen LogP contribution in [0.5, 0.6) is 5.75 Å². The molecule has 0 heterocycles. The summed E-state index contributed by atoms with van der Waals surface area (Å²) in [4.78, 5) is 35.3. The van der Waals surface area contributed by atoms with Gasteiger partial charge >= 0.3 is 5.97 Å². The van der Waals surface area contributed by atoms with Gasteiger partial charge in [0, 0.05) is 23.0 Å². The number of ketones is 2. The molecule has 0 aliphatic heterocycles. The van der Waals surface area contributed by atoms with E-state index in [1.54, 1.807) is 44.2 Å². The summed E-state index contributed by atoms with van der Waals surface area (Å²) >= 11 is 6.27. The first-order chi connectivity index (χ1) is 15.9. The third kappa shape index (κ3) is 7.26. The van der Waals surface area contributed by atoms with Gasteiger partial charge in [-0.2, -0.15) is 0 Å². The molecule has 0 spiro atoms. The minimum Gasteiger partial charge on any atom is -0.492 e. The van der Waals surface area contributed by atoms with Crippen LogP contribution in [0.15, 0.2) is 42.0 Å². The van der Waals surface area contributed by atoms with Gasteiger partial charge in [0.15, 0.2) is 11.6 Å². The summed E-state index contributed by atoms with van der Waals surface area (Å²) in [6, 6.07) is 4.64. The molecule has 2 atom stereocenters. The number of rotatable bonds is 13. The molecule has 0 saturated carbocycles. The Morgan fingerprint density at radius 3 is 2.50 bits per heavy atom. The normalized spacial score (nSPS) is 20.1. The minimum atomic E-state index is -1.23. The molecule has 0 saturated heterocycles. The van der Waals surface area contributed by atoms with Crippen LogP contribution in [0, 0.1) is 5.41 Å². The van der Waals surface area contributed by atoms with Gasteiger partial charge < -0.3 is 19.7 Å². The first kappa shape index (κ1) is 27.8. The van der Waals surface area contributed by atoms with Crippen LogP contribution in [0.25, 0.3) is 0 Å². The number of ether oxygens (including phenoxy) is 2. The van der Waals surface area contributed by atoms with Gasteiger partial charge in [0.2, 0.25) is 0 Å². The van der Waals surface area contributed by atoms with Crippen molar-refractivity contribution in [3.8, 4) is 5.75 Å². The molecule has 1 aromatic carbocycles. The van der Waals surface area contributed by atoms with E-state index in [0.29, 0.717) is 42.9 Å². The third-order valence-electron chi connectivity index (χ3n) is 5.65. The number of aliphatic carboxylic acids is 1. The second kappa shape index (κ2) is 11.8. The molecule has 1 aliphatic rings. The molecule has 186 valence electrons. The van der Waals surface area contributed by atoms with E-state index in [4.69, 9.17) is 26.2 Å². The molecule has 2 unspecified atom stereocenters. The Hall–Kier alpha value is -2.48. The predicted octanol–water partition coefficient (Wildman–Crippen LogP) is 4.79. The number of hydrogen-bond donors (Lipinski definition) is 2. The summed E-state index contributed by atoms with van der Waals surface area (Å²) in [5.74, 6) is -1.05. The van der Waals surface area contributed by atoms with Gasteiger partial charge in [0.25, 0.3) is 0 Å². The largest absolute Gasteiger partial charge is 0.492 e. The summed E-state index contributed by atoms with van der Waals surface area (Å²) < 4.78 is 11.6. The summed E-state index contributed by atoms with van der Waals surface area (Å²) in [7, 11) is 0. The van der Waals surface area contributed by atoms with Crippen LogP contribution in [0.4, 0.5) is 0 Å². The molecule has 2 N–H and O–H groups in total. The molecule has 0 aromatic heterocycles. The molecule has 0 amide bonds. The topological polar surface area (TPSA) is 110 Å². The van der Waals surface area contributed by atoms with E-state index in [-0.39, 0.29) is 23.0 Å². The number of aliphatic hydroxyl groups is 1. The maximum atomic E-state index is 12.6. The van der Waals surface area contributed by atoms with Gasteiger partial charge in [-0.25, -0.2) is 0 Å². The summed E-state index contributed by atoms with van der Waals surface area (Å²) in [5, 5.41) is 20.3. The molecule has 2 rings (SSSR count). The summed E-state index contributed by atoms with van der Waals surface area (Å²) in [5.41, 5.74) is -1.49. The van der Waals surface area contributed by atoms with Gasteiger partial charge in [-0.3, -0.25) is 14.4 Å². The molecule has 0 fully saturated rings. The molecule has 34 heavy (non-hydrogen) atoms. The number of hydrogen-bond acceptors (Lipinski definition) is 6. The van der Waals surface area contributed by atoms with E-state index in [1.165, 1.54) is 13.0 Å². The van der Waals surface area contributed by atoms with Crippen molar-refractivity contribution in [2.45, 2.75) is 65.1 Å². The first-order valence-electron chi connectivity index (χ1n) is 11.3. The van der Waals surface area contributed by atoms with Crippen LogP contribution < -0.4 is 4.74 Å². The summed E-state index contributed by atoms with van der Waals surface area (Å²) in [6.45, 7) is 7.21. The third-order valence-corrected chi connectivity index (χ3v) is 5.95. The Labute approximate surface area is 205 Å².